The number of unbranched alkanes of at least 4 members (excludes halogenated alkanes) is 4. The number of halogens is 1. The van der Waals surface area contributed by atoms with Crippen molar-refractivity contribution in [1.82, 2.24) is 10.2 Å². The van der Waals surface area contributed by atoms with Gasteiger partial charge < -0.3 is 16.0 Å². The molecule has 0 spiro atoms. The zero-order chi connectivity index (χ0) is 16.2. The molecule has 2 amide bonds. The molecule has 0 aliphatic carbocycles. The summed E-state index contributed by atoms with van der Waals surface area (Å²) in [7, 11) is 0. The molecule has 0 aromatic rings. The lowest BCUT2D eigenvalue weighted by Crippen LogP contribution is -2.45. The Bertz CT molecular complexity index is 340. The molecule has 1 rings (SSSR count). The Morgan fingerprint density at radius 1 is 1.17 bits per heavy atom. The number of likely N-dealkylation sites (tertiary alicyclic amines) is 1. The van der Waals surface area contributed by atoms with Gasteiger partial charge in [0, 0.05) is 26.1 Å². The van der Waals surface area contributed by atoms with E-state index < -0.39 is 0 Å². The molecular weight excluding hydrogens is 314 g/mol. The Morgan fingerprint density at radius 3 is 2.61 bits per heavy atom. The normalized spacial score (nSPS) is 17.5. The summed E-state index contributed by atoms with van der Waals surface area (Å²) in [4.78, 5) is 26.2. The van der Waals surface area contributed by atoms with Crippen molar-refractivity contribution in [2.24, 2.45) is 11.7 Å². The number of nitrogens with one attached hydrogen (secondary N) is 1. The van der Waals surface area contributed by atoms with E-state index in [1.165, 1.54) is 0 Å². The van der Waals surface area contributed by atoms with Crippen molar-refractivity contribution in [3.63, 3.8) is 0 Å². The fourth-order valence-electron chi connectivity index (χ4n) is 2.88. The largest absolute Gasteiger partial charge is 0.356 e. The molecule has 0 bridgehead atoms. The van der Waals surface area contributed by atoms with Gasteiger partial charge in [0.15, 0.2) is 0 Å². The smallest absolute Gasteiger partial charge is 0.224 e. The summed E-state index contributed by atoms with van der Waals surface area (Å²) in [6.45, 7) is 5.00. The van der Waals surface area contributed by atoms with Crippen LogP contribution in [0.5, 0.6) is 0 Å². The molecule has 23 heavy (non-hydrogen) atoms. The van der Waals surface area contributed by atoms with Crippen molar-refractivity contribution in [2.45, 2.75) is 64.7 Å². The van der Waals surface area contributed by atoms with Crippen LogP contribution in [0.1, 0.15) is 64.7 Å². The second-order valence-electron chi connectivity index (χ2n) is 6.28. The fraction of sp³-hybridized carbons (Fsp3) is 0.882. The van der Waals surface area contributed by atoms with Gasteiger partial charge in [-0.25, -0.2) is 0 Å². The Morgan fingerprint density at radius 2 is 1.91 bits per heavy atom. The van der Waals surface area contributed by atoms with Gasteiger partial charge in [0.1, 0.15) is 0 Å². The molecule has 0 aromatic carbocycles. The van der Waals surface area contributed by atoms with E-state index in [-0.39, 0.29) is 30.1 Å². The third-order valence-corrected chi connectivity index (χ3v) is 4.32. The Balaban J connectivity index is 0.00000484. The van der Waals surface area contributed by atoms with Gasteiger partial charge in [0.25, 0.3) is 0 Å². The van der Waals surface area contributed by atoms with Crippen LogP contribution in [0, 0.1) is 5.92 Å². The minimum absolute atomic E-state index is 0. The number of hydrogen-bond acceptors (Lipinski definition) is 3. The molecule has 6 heteroatoms. The van der Waals surface area contributed by atoms with Gasteiger partial charge in [-0.05, 0) is 38.6 Å². The minimum atomic E-state index is -0.0215. The Hall–Kier alpha value is -0.810. The van der Waals surface area contributed by atoms with Crippen molar-refractivity contribution in [3.05, 3.63) is 0 Å². The van der Waals surface area contributed by atoms with Crippen LogP contribution in [0.4, 0.5) is 0 Å². The van der Waals surface area contributed by atoms with Gasteiger partial charge in [-0.2, -0.15) is 0 Å². The average molecular weight is 348 g/mol. The number of amides is 2. The summed E-state index contributed by atoms with van der Waals surface area (Å²) in [6.07, 6.45) is 8.69. The van der Waals surface area contributed by atoms with Crippen molar-refractivity contribution < 1.29 is 9.59 Å². The number of rotatable bonds is 10. The highest BCUT2D eigenvalue weighted by Gasteiger charge is 2.27. The molecule has 1 heterocycles. The summed E-state index contributed by atoms with van der Waals surface area (Å²) >= 11 is 0. The first-order valence-electron chi connectivity index (χ1n) is 8.94. The first kappa shape index (κ1) is 22.2. The second-order valence-corrected chi connectivity index (χ2v) is 6.28. The molecule has 1 unspecified atom stereocenters. The van der Waals surface area contributed by atoms with E-state index in [4.69, 9.17) is 5.73 Å². The maximum absolute atomic E-state index is 12.2. The molecule has 0 radical (unpaired) electrons. The molecule has 1 atom stereocenters. The predicted molar refractivity (Wildman–Crippen MR) is 96.6 cm³/mol. The molecule has 1 aliphatic rings. The van der Waals surface area contributed by atoms with Crippen LogP contribution in [0.2, 0.25) is 0 Å². The van der Waals surface area contributed by atoms with Crippen LogP contribution < -0.4 is 11.1 Å². The van der Waals surface area contributed by atoms with Crippen LogP contribution in [-0.2, 0) is 9.59 Å². The lowest BCUT2D eigenvalue weighted by atomic mass is 9.96. The SMILES string of the molecule is CCCCNC(=O)C1CCCN(C(=O)CCCCCCN)C1.Cl. The Kier molecular flexibility index (Phi) is 13.1. The van der Waals surface area contributed by atoms with Crippen LogP contribution >= 0.6 is 12.4 Å². The van der Waals surface area contributed by atoms with Crippen LogP contribution in [0.15, 0.2) is 0 Å². The summed E-state index contributed by atoms with van der Waals surface area (Å²) in [6, 6.07) is 0. The van der Waals surface area contributed by atoms with Gasteiger partial charge in [0.2, 0.25) is 11.8 Å². The number of piperidine rings is 1. The number of hydrogen-bond donors (Lipinski definition) is 2. The summed E-state index contributed by atoms with van der Waals surface area (Å²) in [5.41, 5.74) is 5.46. The summed E-state index contributed by atoms with van der Waals surface area (Å²) in [5, 5.41) is 2.99. The van der Waals surface area contributed by atoms with Crippen molar-refractivity contribution in [1.29, 1.82) is 0 Å². The lowest BCUT2D eigenvalue weighted by molar-refractivity contribution is -0.135. The van der Waals surface area contributed by atoms with E-state index in [0.717, 1.165) is 71.0 Å². The van der Waals surface area contributed by atoms with Crippen LogP contribution in [0.25, 0.3) is 0 Å². The number of carbonyl (C=O) groups is 2. The highest BCUT2D eigenvalue weighted by Crippen LogP contribution is 2.18. The molecule has 136 valence electrons. The fourth-order valence-corrected chi connectivity index (χ4v) is 2.88. The van der Waals surface area contributed by atoms with E-state index in [9.17, 15) is 9.59 Å². The van der Waals surface area contributed by atoms with E-state index in [2.05, 4.69) is 12.2 Å². The molecule has 0 aromatic heterocycles. The average Bonchev–Trinajstić information content (AvgIpc) is 2.54. The van der Waals surface area contributed by atoms with Crippen molar-refractivity contribution >= 4 is 24.2 Å². The second kappa shape index (κ2) is 13.6. The third kappa shape index (κ3) is 9.16. The van der Waals surface area contributed by atoms with E-state index in [1.54, 1.807) is 0 Å². The zero-order valence-corrected chi connectivity index (χ0v) is 15.3. The van der Waals surface area contributed by atoms with Gasteiger partial charge >= 0.3 is 0 Å². The molecule has 1 saturated heterocycles. The van der Waals surface area contributed by atoms with E-state index in [1.807, 2.05) is 4.90 Å². The van der Waals surface area contributed by atoms with Crippen molar-refractivity contribution in [3.8, 4) is 0 Å². The highest BCUT2D eigenvalue weighted by molar-refractivity contribution is 5.85. The first-order valence-corrected chi connectivity index (χ1v) is 8.94. The van der Waals surface area contributed by atoms with E-state index in [0.29, 0.717) is 13.0 Å². The molecule has 5 nitrogen and oxygen atoms in total. The van der Waals surface area contributed by atoms with Crippen LogP contribution in [-0.4, -0.2) is 42.9 Å². The predicted octanol–water partition coefficient (Wildman–Crippen LogP) is 2.47. The maximum atomic E-state index is 12.2. The monoisotopic (exact) mass is 347 g/mol. The topological polar surface area (TPSA) is 75.4 Å². The van der Waals surface area contributed by atoms with Gasteiger partial charge in [0.05, 0.1) is 5.92 Å². The molecule has 0 saturated carbocycles. The van der Waals surface area contributed by atoms with Crippen molar-refractivity contribution in [2.75, 3.05) is 26.2 Å². The van der Waals surface area contributed by atoms with Gasteiger partial charge in [-0.1, -0.05) is 26.2 Å². The first-order chi connectivity index (χ1) is 10.7. The standard InChI is InChI=1S/C17H33N3O2.ClH/c1-2-3-12-19-17(22)15-9-8-13-20(14-15)16(21)10-6-4-5-7-11-18;/h15H,2-14,18H2,1H3,(H,19,22);1H. The number of nitrogens with two attached hydrogens (primary N) is 1. The maximum Gasteiger partial charge on any atom is 0.224 e. The Labute approximate surface area is 147 Å². The summed E-state index contributed by atoms with van der Waals surface area (Å²) in [5.74, 6) is 0.305. The van der Waals surface area contributed by atoms with E-state index >= 15 is 0 Å². The highest BCUT2D eigenvalue weighted by atomic mass is 35.5. The minimum Gasteiger partial charge on any atom is -0.356 e. The molecule has 1 fully saturated rings. The van der Waals surface area contributed by atoms with Gasteiger partial charge in [-0.3, -0.25) is 9.59 Å². The quantitative estimate of drug-likeness (QED) is 0.596. The molecule has 3 N–H and O–H groups in total. The summed E-state index contributed by atoms with van der Waals surface area (Å²) < 4.78 is 0. The van der Waals surface area contributed by atoms with Crippen LogP contribution in [0.3, 0.4) is 0 Å². The lowest BCUT2D eigenvalue weighted by Gasteiger charge is -2.32. The molecular formula is C17H34ClN3O2. The van der Waals surface area contributed by atoms with Gasteiger partial charge in [-0.15, -0.1) is 12.4 Å². The third-order valence-electron chi connectivity index (χ3n) is 4.32. The zero-order valence-electron chi connectivity index (χ0n) is 14.5. The number of nitrogens with zero attached hydrogens (tertiary/aromatic N) is 1. The number of carbonyl (C=O) groups excluding carboxylic acids is 2. The molecule has 1 aliphatic heterocycles.